The highest BCUT2D eigenvalue weighted by Crippen LogP contribution is 2.12. The van der Waals surface area contributed by atoms with E-state index in [1.165, 1.54) is 0 Å². The molecule has 0 radical (unpaired) electrons. The molecule has 0 spiro atoms. The average molecular weight is 256 g/mol. The summed E-state index contributed by atoms with van der Waals surface area (Å²) in [6.45, 7) is 3.08. The molecular weight excluding hydrogens is 244 g/mol. The van der Waals surface area contributed by atoms with Crippen LogP contribution in [0.1, 0.15) is 24.2 Å². The molecule has 0 bridgehead atoms. The maximum atomic E-state index is 13.3. The Morgan fingerprint density at radius 2 is 1.72 bits per heavy atom. The van der Waals surface area contributed by atoms with Crippen molar-refractivity contribution in [1.82, 2.24) is 5.32 Å². The van der Waals surface area contributed by atoms with E-state index in [2.05, 4.69) is 0 Å². The Labute approximate surface area is 103 Å². The molecular formula is C12H12F2NO3-. The molecule has 6 heteroatoms. The van der Waals surface area contributed by atoms with Crippen molar-refractivity contribution in [2.75, 3.05) is 0 Å². The standard InChI is InChI=1S/C12H13F2NO3/c1-6(2)10(12(17)18)15-11(16)9-7(13)4-3-5-8(9)14/h3-6,10H,1-2H3,(H,15,16)(H,17,18)/p-1/t10-/m1/s1. The van der Waals surface area contributed by atoms with Gasteiger partial charge in [-0.1, -0.05) is 19.9 Å². The summed E-state index contributed by atoms with van der Waals surface area (Å²) in [5.41, 5.74) is -0.801. The van der Waals surface area contributed by atoms with Crippen LogP contribution in [0, 0.1) is 17.6 Å². The molecule has 1 aromatic rings. The first-order valence-corrected chi connectivity index (χ1v) is 5.30. The smallest absolute Gasteiger partial charge is 0.257 e. The lowest BCUT2D eigenvalue weighted by atomic mass is 10.0. The Balaban J connectivity index is 2.98. The molecule has 0 aliphatic carbocycles. The van der Waals surface area contributed by atoms with Gasteiger partial charge in [-0.15, -0.1) is 0 Å². The Morgan fingerprint density at radius 3 is 2.11 bits per heavy atom. The maximum Gasteiger partial charge on any atom is 0.257 e. The quantitative estimate of drug-likeness (QED) is 0.851. The molecule has 1 amide bonds. The van der Waals surface area contributed by atoms with Crippen LogP contribution in [0.15, 0.2) is 18.2 Å². The number of aliphatic carboxylic acids is 1. The van der Waals surface area contributed by atoms with E-state index in [4.69, 9.17) is 0 Å². The fourth-order valence-electron chi connectivity index (χ4n) is 1.43. The van der Waals surface area contributed by atoms with E-state index in [9.17, 15) is 23.5 Å². The SMILES string of the molecule is CC(C)[C@@H](NC(=O)c1c(F)cccc1F)C(=O)[O-]. The Hall–Kier alpha value is -1.98. The van der Waals surface area contributed by atoms with Gasteiger partial charge in [-0.3, -0.25) is 4.79 Å². The zero-order chi connectivity index (χ0) is 13.9. The first kappa shape index (κ1) is 14.1. The van der Waals surface area contributed by atoms with Gasteiger partial charge in [-0.05, 0) is 18.1 Å². The second kappa shape index (κ2) is 5.57. The first-order valence-electron chi connectivity index (χ1n) is 5.30. The molecule has 0 aliphatic heterocycles. The van der Waals surface area contributed by atoms with Gasteiger partial charge in [0.05, 0.1) is 12.0 Å². The van der Waals surface area contributed by atoms with Crippen molar-refractivity contribution in [2.24, 2.45) is 5.92 Å². The van der Waals surface area contributed by atoms with Crippen molar-refractivity contribution >= 4 is 11.9 Å². The number of halogens is 2. The molecule has 0 saturated carbocycles. The minimum Gasteiger partial charge on any atom is -0.548 e. The fraction of sp³-hybridized carbons (Fsp3) is 0.333. The molecule has 1 aromatic carbocycles. The predicted octanol–water partition coefficient (Wildman–Crippen LogP) is 0.469. The van der Waals surface area contributed by atoms with E-state index in [0.29, 0.717) is 0 Å². The number of hydrogen-bond acceptors (Lipinski definition) is 3. The molecule has 0 aliphatic rings. The maximum absolute atomic E-state index is 13.3. The zero-order valence-electron chi connectivity index (χ0n) is 9.87. The van der Waals surface area contributed by atoms with Crippen LogP contribution < -0.4 is 10.4 Å². The Bertz CT molecular complexity index is 454. The summed E-state index contributed by atoms with van der Waals surface area (Å²) in [7, 11) is 0. The van der Waals surface area contributed by atoms with E-state index in [1.54, 1.807) is 13.8 Å². The van der Waals surface area contributed by atoms with Crippen molar-refractivity contribution in [3.8, 4) is 0 Å². The minimum absolute atomic E-state index is 0.464. The van der Waals surface area contributed by atoms with Crippen LogP contribution in [-0.4, -0.2) is 17.9 Å². The third-order valence-corrected chi connectivity index (χ3v) is 2.40. The number of carbonyl (C=O) groups excluding carboxylic acids is 2. The average Bonchev–Trinajstić information content (AvgIpc) is 2.24. The van der Waals surface area contributed by atoms with E-state index >= 15 is 0 Å². The second-order valence-corrected chi connectivity index (χ2v) is 4.11. The third kappa shape index (κ3) is 3.03. The van der Waals surface area contributed by atoms with Crippen LogP contribution in [0.4, 0.5) is 8.78 Å². The Kier molecular flexibility index (Phi) is 4.36. The number of rotatable bonds is 4. The number of carboxylic acid groups (broad SMARTS) is 1. The monoisotopic (exact) mass is 256 g/mol. The van der Waals surface area contributed by atoms with Crippen LogP contribution in [-0.2, 0) is 4.79 Å². The molecule has 98 valence electrons. The van der Waals surface area contributed by atoms with Gasteiger partial charge in [0.25, 0.3) is 5.91 Å². The van der Waals surface area contributed by atoms with Gasteiger partial charge in [0.1, 0.15) is 17.2 Å². The molecule has 0 aromatic heterocycles. The van der Waals surface area contributed by atoms with Crippen LogP contribution in [0.5, 0.6) is 0 Å². The molecule has 0 heterocycles. The summed E-state index contributed by atoms with van der Waals surface area (Å²) in [5.74, 6) is -5.18. The largest absolute Gasteiger partial charge is 0.548 e. The molecule has 1 rings (SSSR count). The Morgan fingerprint density at radius 1 is 1.22 bits per heavy atom. The number of amides is 1. The second-order valence-electron chi connectivity index (χ2n) is 4.11. The lowest BCUT2D eigenvalue weighted by molar-refractivity contribution is -0.309. The predicted molar refractivity (Wildman–Crippen MR) is 57.5 cm³/mol. The fourth-order valence-corrected chi connectivity index (χ4v) is 1.43. The van der Waals surface area contributed by atoms with Crippen LogP contribution in [0.2, 0.25) is 0 Å². The van der Waals surface area contributed by atoms with E-state index in [-0.39, 0.29) is 0 Å². The highest BCUT2D eigenvalue weighted by atomic mass is 19.1. The number of hydrogen-bond donors (Lipinski definition) is 1. The first-order chi connectivity index (χ1) is 8.34. The minimum atomic E-state index is -1.50. The van der Waals surface area contributed by atoms with Crippen molar-refractivity contribution in [3.63, 3.8) is 0 Å². The van der Waals surface area contributed by atoms with Crippen molar-refractivity contribution < 1.29 is 23.5 Å². The lowest BCUT2D eigenvalue weighted by Crippen LogP contribution is -2.51. The van der Waals surface area contributed by atoms with Crippen LogP contribution in [0.3, 0.4) is 0 Å². The highest BCUT2D eigenvalue weighted by Gasteiger charge is 2.22. The van der Waals surface area contributed by atoms with Gasteiger partial charge in [0.15, 0.2) is 0 Å². The molecule has 18 heavy (non-hydrogen) atoms. The number of carboxylic acids is 1. The number of nitrogens with one attached hydrogen (secondary N) is 1. The molecule has 1 atom stereocenters. The summed E-state index contributed by atoms with van der Waals surface area (Å²) < 4.78 is 26.6. The van der Waals surface area contributed by atoms with Gasteiger partial charge < -0.3 is 15.2 Å². The number of carbonyl (C=O) groups is 2. The van der Waals surface area contributed by atoms with E-state index < -0.39 is 41.0 Å². The summed E-state index contributed by atoms with van der Waals surface area (Å²) in [4.78, 5) is 22.4. The molecule has 4 nitrogen and oxygen atoms in total. The zero-order valence-corrected chi connectivity index (χ0v) is 9.87. The van der Waals surface area contributed by atoms with Crippen molar-refractivity contribution in [1.29, 1.82) is 0 Å². The highest BCUT2D eigenvalue weighted by molar-refractivity contribution is 5.96. The topological polar surface area (TPSA) is 69.2 Å². The summed E-state index contributed by atoms with van der Waals surface area (Å²) >= 11 is 0. The molecule has 0 fully saturated rings. The van der Waals surface area contributed by atoms with Gasteiger partial charge in [0.2, 0.25) is 0 Å². The summed E-state index contributed by atoms with van der Waals surface area (Å²) in [5, 5.41) is 12.8. The van der Waals surface area contributed by atoms with Crippen molar-refractivity contribution in [2.45, 2.75) is 19.9 Å². The lowest BCUT2D eigenvalue weighted by Gasteiger charge is -2.23. The van der Waals surface area contributed by atoms with Gasteiger partial charge in [-0.2, -0.15) is 0 Å². The molecule has 1 N–H and O–H groups in total. The van der Waals surface area contributed by atoms with Crippen molar-refractivity contribution in [3.05, 3.63) is 35.4 Å². The van der Waals surface area contributed by atoms with Gasteiger partial charge in [0, 0.05) is 0 Å². The molecule has 0 unspecified atom stereocenters. The number of benzene rings is 1. The van der Waals surface area contributed by atoms with Gasteiger partial charge in [-0.25, -0.2) is 8.78 Å². The summed E-state index contributed by atoms with van der Waals surface area (Å²) in [6, 6.07) is 1.64. The van der Waals surface area contributed by atoms with Gasteiger partial charge >= 0.3 is 0 Å². The van der Waals surface area contributed by atoms with E-state index in [1.807, 2.05) is 5.32 Å². The summed E-state index contributed by atoms with van der Waals surface area (Å²) in [6.07, 6.45) is 0. The normalized spacial score (nSPS) is 12.3. The van der Waals surface area contributed by atoms with Crippen LogP contribution >= 0.6 is 0 Å². The third-order valence-electron chi connectivity index (χ3n) is 2.40. The molecule has 0 saturated heterocycles. The van der Waals surface area contributed by atoms with Crippen LogP contribution in [0.25, 0.3) is 0 Å². The van der Waals surface area contributed by atoms with E-state index in [0.717, 1.165) is 18.2 Å².